The van der Waals surface area contributed by atoms with E-state index in [0.717, 1.165) is 38.2 Å². The van der Waals surface area contributed by atoms with Gasteiger partial charge in [-0.2, -0.15) is 0 Å². The van der Waals surface area contributed by atoms with Crippen LogP contribution >= 0.6 is 0 Å². The summed E-state index contributed by atoms with van der Waals surface area (Å²) in [4.78, 5) is 0. The molecule has 3 fully saturated rings. The maximum absolute atomic E-state index is 6.60. The Kier molecular flexibility index (Phi) is 4.40. The summed E-state index contributed by atoms with van der Waals surface area (Å²) >= 11 is 0. The third-order valence-electron chi connectivity index (χ3n) is 5.94. The summed E-state index contributed by atoms with van der Waals surface area (Å²) in [6.07, 6.45) is 12.5. The maximum atomic E-state index is 6.60. The van der Waals surface area contributed by atoms with E-state index in [-0.39, 0.29) is 11.2 Å². The minimum Gasteiger partial charge on any atom is -0.375 e. The Balaban J connectivity index is 1.61. The summed E-state index contributed by atoms with van der Waals surface area (Å²) in [5, 5.41) is 0. The Hall–Kier alpha value is -0.120. The SMILES string of the molecule is CC1CCC(CN)(OC2CCOC3(CCCC3)C2)CC1. The largest absolute Gasteiger partial charge is 0.375 e. The van der Waals surface area contributed by atoms with Crippen molar-refractivity contribution in [1.82, 2.24) is 0 Å². The lowest BCUT2D eigenvalue weighted by molar-refractivity contribution is -0.180. The molecule has 2 saturated carbocycles. The first kappa shape index (κ1) is 14.8. The molecule has 1 unspecified atom stereocenters. The minimum atomic E-state index is -0.0334. The molecule has 3 aliphatic rings. The number of rotatable bonds is 3. The van der Waals surface area contributed by atoms with Crippen molar-refractivity contribution in [3.63, 3.8) is 0 Å². The van der Waals surface area contributed by atoms with E-state index in [1.807, 2.05) is 0 Å². The summed E-state index contributed by atoms with van der Waals surface area (Å²) in [7, 11) is 0. The van der Waals surface area contributed by atoms with Gasteiger partial charge >= 0.3 is 0 Å². The summed E-state index contributed by atoms with van der Waals surface area (Å²) in [6.45, 7) is 3.91. The molecule has 1 spiro atoms. The molecular formula is C17H31NO2. The first-order chi connectivity index (χ1) is 9.65. The molecule has 0 aromatic carbocycles. The Morgan fingerprint density at radius 3 is 2.45 bits per heavy atom. The zero-order valence-electron chi connectivity index (χ0n) is 13.0. The van der Waals surface area contributed by atoms with Gasteiger partial charge in [-0.1, -0.05) is 19.8 Å². The van der Waals surface area contributed by atoms with Crippen molar-refractivity contribution in [2.24, 2.45) is 11.7 Å². The predicted molar refractivity (Wildman–Crippen MR) is 80.7 cm³/mol. The van der Waals surface area contributed by atoms with Gasteiger partial charge in [-0.3, -0.25) is 0 Å². The van der Waals surface area contributed by atoms with Crippen molar-refractivity contribution in [2.45, 2.75) is 88.4 Å². The van der Waals surface area contributed by atoms with Gasteiger partial charge in [-0.25, -0.2) is 0 Å². The Morgan fingerprint density at radius 1 is 1.10 bits per heavy atom. The Labute approximate surface area is 123 Å². The normalized spacial score (nSPS) is 41.1. The highest BCUT2D eigenvalue weighted by molar-refractivity contribution is 4.94. The van der Waals surface area contributed by atoms with Gasteiger partial charge in [0.1, 0.15) is 0 Å². The van der Waals surface area contributed by atoms with Crippen LogP contribution in [0.5, 0.6) is 0 Å². The highest BCUT2D eigenvalue weighted by Gasteiger charge is 2.43. The lowest BCUT2D eigenvalue weighted by atomic mass is 9.79. The first-order valence-corrected chi connectivity index (χ1v) is 8.67. The average Bonchev–Trinajstić information content (AvgIpc) is 2.90. The van der Waals surface area contributed by atoms with E-state index in [0.29, 0.717) is 12.6 Å². The zero-order valence-corrected chi connectivity index (χ0v) is 13.0. The van der Waals surface area contributed by atoms with E-state index in [2.05, 4.69) is 6.92 Å². The van der Waals surface area contributed by atoms with Crippen molar-refractivity contribution in [3.05, 3.63) is 0 Å². The average molecular weight is 281 g/mol. The minimum absolute atomic E-state index is 0.0334. The molecule has 2 N–H and O–H groups in total. The molecule has 20 heavy (non-hydrogen) atoms. The Bertz CT molecular complexity index is 317. The molecule has 3 heteroatoms. The number of hydrogen-bond acceptors (Lipinski definition) is 3. The fraction of sp³-hybridized carbons (Fsp3) is 1.00. The van der Waals surface area contributed by atoms with Crippen LogP contribution in [-0.4, -0.2) is 30.5 Å². The molecule has 116 valence electrons. The molecule has 0 aromatic rings. The summed E-state index contributed by atoms with van der Waals surface area (Å²) in [5.74, 6) is 0.842. The summed E-state index contributed by atoms with van der Waals surface area (Å²) in [6, 6.07) is 0. The molecule has 2 aliphatic carbocycles. The van der Waals surface area contributed by atoms with Crippen LogP contribution in [0.2, 0.25) is 0 Å². The van der Waals surface area contributed by atoms with Gasteiger partial charge in [-0.05, 0) is 50.9 Å². The van der Waals surface area contributed by atoms with E-state index in [1.165, 1.54) is 38.5 Å². The van der Waals surface area contributed by atoms with Gasteiger partial charge in [0.05, 0.1) is 17.3 Å². The maximum Gasteiger partial charge on any atom is 0.0808 e. The van der Waals surface area contributed by atoms with Crippen LogP contribution in [0, 0.1) is 5.92 Å². The van der Waals surface area contributed by atoms with E-state index < -0.39 is 0 Å². The number of hydrogen-bond donors (Lipinski definition) is 1. The van der Waals surface area contributed by atoms with Gasteiger partial charge in [0.2, 0.25) is 0 Å². The van der Waals surface area contributed by atoms with Crippen molar-refractivity contribution in [2.75, 3.05) is 13.2 Å². The third kappa shape index (κ3) is 3.05. The molecule has 1 aliphatic heterocycles. The quantitative estimate of drug-likeness (QED) is 0.862. The van der Waals surface area contributed by atoms with Crippen LogP contribution in [-0.2, 0) is 9.47 Å². The summed E-state index contributed by atoms with van der Waals surface area (Å²) < 4.78 is 12.7. The number of nitrogens with two attached hydrogens (primary N) is 1. The second-order valence-electron chi connectivity index (χ2n) is 7.54. The second kappa shape index (κ2) is 5.94. The molecule has 3 nitrogen and oxygen atoms in total. The van der Waals surface area contributed by atoms with Crippen molar-refractivity contribution in [3.8, 4) is 0 Å². The lowest BCUT2D eigenvalue weighted by Crippen LogP contribution is -2.49. The van der Waals surface area contributed by atoms with Gasteiger partial charge in [-0.15, -0.1) is 0 Å². The van der Waals surface area contributed by atoms with Crippen LogP contribution in [0.25, 0.3) is 0 Å². The molecular weight excluding hydrogens is 250 g/mol. The van der Waals surface area contributed by atoms with Gasteiger partial charge in [0.15, 0.2) is 0 Å². The molecule has 0 bridgehead atoms. The molecule has 1 atom stereocenters. The predicted octanol–water partition coefficient (Wildman–Crippen LogP) is 3.40. The Morgan fingerprint density at radius 2 is 1.80 bits per heavy atom. The van der Waals surface area contributed by atoms with Crippen molar-refractivity contribution < 1.29 is 9.47 Å². The standard InChI is InChI=1S/C17H31NO2/c1-14-4-9-17(13-18,10-5-14)20-15-6-11-19-16(12-15)7-2-3-8-16/h14-15H,2-13,18H2,1H3. The van der Waals surface area contributed by atoms with E-state index in [1.54, 1.807) is 0 Å². The van der Waals surface area contributed by atoms with E-state index in [9.17, 15) is 0 Å². The topological polar surface area (TPSA) is 44.5 Å². The fourth-order valence-corrected chi connectivity index (χ4v) is 4.46. The van der Waals surface area contributed by atoms with Crippen LogP contribution < -0.4 is 5.73 Å². The third-order valence-corrected chi connectivity index (χ3v) is 5.94. The van der Waals surface area contributed by atoms with Gasteiger partial charge < -0.3 is 15.2 Å². The smallest absolute Gasteiger partial charge is 0.0808 e. The fourth-order valence-electron chi connectivity index (χ4n) is 4.46. The zero-order chi connectivity index (χ0) is 14.1. The van der Waals surface area contributed by atoms with E-state index >= 15 is 0 Å². The van der Waals surface area contributed by atoms with Gasteiger partial charge in [0.25, 0.3) is 0 Å². The van der Waals surface area contributed by atoms with Crippen LogP contribution in [0.4, 0.5) is 0 Å². The monoisotopic (exact) mass is 281 g/mol. The molecule has 0 radical (unpaired) electrons. The molecule has 3 rings (SSSR count). The van der Waals surface area contributed by atoms with Crippen LogP contribution in [0.15, 0.2) is 0 Å². The highest BCUT2D eigenvalue weighted by Crippen LogP contribution is 2.43. The first-order valence-electron chi connectivity index (χ1n) is 8.67. The highest BCUT2D eigenvalue weighted by atomic mass is 16.5. The van der Waals surface area contributed by atoms with Crippen molar-refractivity contribution in [1.29, 1.82) is 0 Å². The van der Waals surface area contributed by atoms with Crippen LogP contribution in [0.3, 0.4) is 0 Å². The van der Waals surface area contributed by atoms with Gasteiger partial charge in [0, 0.05) is 19.6 Å². The van der Waals surface area contributed by atoms with Crippen LogP contribution in [0.1, 0.15) is 71.1 Å². The molecule has 1 heterocycles. The van der Waals surface area contributed by atoms with E-state index in [4.69, 9.17) is 15.2 Å². The van der Waals surface area contributed by atoms with Crippen molar-refractivity contribution >= 4 is 0 Å². The molecule has 0 amide bonds. The second-order valence-corrected chi connectivity index (χ2v) is 7.54. The molecule has 1 saturated heterocycles. The summed E-state index contributed by atoms with van der Waals surface area (Å²) in [5.41, 5.74) is 6.21. The lowest BCUT2D eigenvalue weighted by Gasteiger charge is -2.45. The molecule has 0 aromatic heterocycles. The number of ether oxygens (including phenoxy) is 2.